The van der Waals surface area contributed by atoms with Gasteiger partial charge in [0.25, 0.3) is 5.91 Å². The highest BCUT2D eigenvalue weighted by molar-refractivity contribution is 9.10. The van der Waals surface area contributed by atoms with E-state index in [0.717, 1.165) is 10.0 Å². The number of rotatable bonds is 4. The highest BCUT2D eigenvalue weighted by atomic mass is 79.9. The number of benzene rings is 1. The van der Waals surface area contributed by atoms with Crippen molar-refractivity contribution < 1.29 is 4.79 Å². The Hall–Kier alpha value is -0.940. The van der Waals surface area contributed by atoms with E-state index in [2.05, 4.69) is 21.2 Å². The molecule has 1 amide bonds. The first kappa shape index (κ1) is 15.1. The minimum absolute atomic E-state index is 0.107. The van der Waals surface area contributed by atoms with Gasteiger partial charge in [-0.05, 0) is 30.7 Å². The number of nitrogens with two attached hydrogens (primary N) is 1. The molecule has 0 radical (unpaired) electrons. The van der Waals surface area contributed by atoms with Crippen molar-refractivity contribution in [2.45, 2.75) is 20.8 Å². The summed E-state index contributed by atoms with van der Waals surface area (Å²) in [5.41, 5.74) is 6.83. The van der Waals surface area contributed by atoms with Gasteiger partial charge in [-0.25, -0.2) is 0 Å². The SMILES string of the molecule is Cc1cc(Br)ccc1C(=O)NCC(C)(C)C(N)=S. The first-order valence-corrected chi connectivity index (χ1v) is 6.78. The van der Waals surface area contributed by atoms with Crippen LogP contribution in [-0.2, 0) is 0 Å². The number of hydrogen-bond donors (Lipinski definition) is 2. The number of aryl methyl sites for hydroxylation is 1. The molecule has 0 heterocycles. The molecule has 0 saturated carbocycles. The van der Waals surface area contributed by atoms with Crippen molar-refractivity contribution in [3.63, 3.8) is 0 Å². The molecule has 3 nitrogen and oxygen atoms in total. The van der Waals surface area contributed by atoms with E-state index >= 15 is 0 Å². The second-order valence-electron chi connectivity index (χ2n) is 4.89. The molecular formula is C13H17BrN2OS. The van der Waals surface area contributed by atoms with Gasteiger partial charge in [0, 0.05) is 22.0 Å². The molecule has 1 rings (SSSR count). The molecule has 0 aliphatic heterocycles. The fourth-order valence-corrected chi connectivity index (χ4v) is 1.91. The van der Waals surface area contributed by atoms with Crippen molar-refractivity contribution >= 4 is 39.0 Å². The molecule has 0 saturated heterocycles. The molecule has 18 heavy (non-hydrogen) atoms. The zero-order valence-electron chi connectivity index (χ0n) is 10.7. The standard InChI is InChI=1S/C13H17BrN2OS/c1-8-6-9(14)4-5-10(8)11(17)16-7-13(2,3)12(15)18/h4-6H,7H2,1-3H3,(H2,15,18)(H,16,17). The Morgan fingerprint density at radius 3 is 2.61 bits per heavy atom. The fourth-order valence-electron chi connectivity index (χ4n) is 1.37. The lowest BCUT2D eigenvalue weighted by atomic mass is 9.93. The fraction of sp³-hybridized carbons (Fsp3) is 0.385. The van der Waals surface area contributed by atoms with Crippen molar-refractivity contribution in [3.8, 4) is 0 Å². The Labute approximate surface area is 121 Å². The summed E-state index contributed by atoms with van der Waals surface area (Å²) in [6, 6.07) is 5.55. The van der Waals surface area contributed by atoms with Gasteiger partial charge >= 0.3 is 0 Å². The summed E-state index contributed by atoms with van der Waals surface area (Å²) in [6.45, 7) is 6.14. The average Bonchev–Trinajstić information content (AvgIpc) is 2.25. The Morgan fingerprint density at radius 2 is 2.11 bits per heavy atom. The van der Waals surface area contributed by atoms with Crippen LogP contribution in [0.5, 0.6) is 0 Å². The van der Waals surface area contributed by atoms with Gasteiger partial charge < -0.3 is 11.1 Å². The number of carbonyl (C=O) groups excluding carboxylic acids is 1. The van der Waals surface area contributed by atoms with E-state index in [1.165, 1.54) is 0 Å². The van der Waals surface area contributed by atoms with Crippen LogP contribution in [0.15, 0.2) is 22.7 Å². The minimum Gasteiger partial charge on any atom is -0.393 e. The number of halogens is 1. The van der Waals surface area contributed by atoms with Gasteiger partial charge in [-0.15, -0.1) is 0 Å². The van der Waals surface area contributed by atoms with Gasteiger partial charge in [0.2, 0.25) is 0 Å². The molecule has 0 aromatic heterocycles. The Balaban J connectivity index is 2.75. The quantitative estimate of drug-likeness (QED) is 0.835. The number of thiocarbonyl (C=S) groups is 1. The summed E-state index contributed by atoms with van der Waals surface area (Å²) in [7, 11) is 0. The molecular weight excluding hydrogens is 312 g/mol. The summed E-state index contributed by atoms with van der Waals surface area (Å²) in [6.07, 6.45) is 0. The van der Waals surface area contributed by atoms with Crippen molar-refractivity contribution in [1.29, 1.82) is 0 Å². The summed E-state index contributed by atoms with van der Waals surface area (Å²) < 4.78 is 0.958. The normalized spacial score (nSPS) is 11.1. The zero-order valence-corrected chi connectivity index (χ0v) is 13.1. The van der Waals surface area contributed by atoms with Gasteiger partial charge in [-0.3, -0.25) is 4.79 Å². The zero-order chi connectivity index (χ0) is 13.9. The summed E-state index contributed by atoms with van der Waals surface area (Å²) in [5, 5.41) is 2.86. The van der Waals surface area contributed by atoms with Crippen LogP contribution in [0, 0.1) is 12.3 Å². The van der Waals surface area contributed by atoms with Crippen LogP contribution in [0.4, 0.5) is 0 Å². The maximum Gasteiger partial charge on any atom is 0.251 e. The molecule has 3 N–H and O–H groups in total. The molecule has 98 valence electrons. The first-order chi connectivity index (χ1) is 8.24. The van der Waals surface area contributed by atoms with E-state index in [9.17, 15) is 4.79 Å². The summed E-state index contributed by atoms with van der Waals surface area (Å²) >= 11 is 8.33. The number of hydrogen-bond acceptors (Lipinski definition) is 2. The van der Waals surface area contributed by atoms with Crippen LogP contribution >= 0.6 is 28.1 Å². The van der Waals surface area contributed by atoms with Crippen LogP contribution in [0.1, 0.15) is 29.8 Å². The van der Waals surface area contributed by atoms with Crippen LogP contribution in [-0.4, -0.2) is 17.4 Å². The summed E-state index contributed by atoms with van der Waals surface area (Å²) in [5.74, 6) is -0.107. The lowest BCUT2D eigenvalue weighted by Gasteiger charge is -2.23. The maximum atomic E-state index is 12.0. The van der Waals surface area contributed by atoms with Crippen molar-refractivity contribution in [3.05, 3.63) is 33.8 Å². The molecule has 1 aromatic carbocycles. The molecule has 0 fully saturated rings. The largest absolute Gasteiger partial charge is 0.393 e. The summed E-state index contributed by atoms with van der Waals surface area (Å²) in [4.78, 5) is 12.4. The first-order valence-electron chi connectivity index (χ1n) is 5.58. The van der Waals surface area contributed by atoms with Crippen molar-refractivity contribution in [2.75, 3.05) is 6.54 Å². The Bertz CT molecular complexity index is 486. The third kappa shape index (κ3) is 3.78. The molecule has 0 aliphatic rings. The van der Waals surface area contributed by atoms with Gasteiger partial charge in [-0.1, -0.05) is 42.0 Å². The predicted octanol–water partition coefficient (Wildman–Crippen LogP) is 2.80. The van der Waals surface area contributed by atoms with E-state index in [4.69, 9.17) is 18.0 Å². The van der Waals surface area contributed by atoms with Gasteiger partial charge in [0.05, 0.1) is 4.99 Å². The number of carbonyl (C=O) groups is 1. The van der Waals surface area contributed by atoms with Crippen LogP contribution in [0.25, 0.3) is 0 Å². The molecule has 5 heteroatoms. The van der Waals surface area contributed by atoms with Crippen molar-refractivity contribution in [2.24, 2.45) is 11.1 Å². The average molecular weight is 329 g/mol. The molecule has 0 unspecified atom stereocenters. The molecule has 0 spiro atoms. The van der Waals surface area contributed by atoms with E-state index < -0.39 is 0 Å². The molecule has 0 aliphatic carbocycles. The highest BCUT2D eigenvalue weighted by Crippen LogP contribution is 2.17. The third-order valence-corrected chi connectivity index (χ3v) is 3.84. The van der Waals surface area contributed by atoms with E-state index in [0.29, 0.717) is 17.1 Å². The Morgan fingerprint density at radius 1 is 1.50 bits per heavy atom. The number of amides is 1. The van der Waals surface area contributed by atoms with Crippen LogP contribution in [0.3, 0.4) is 0 Å². The van der Waals surface area contributed by atoms with Crippen LogP contribution in [0.2, 0.25) is 0 Å². The van der Waals surface area contributed by atoms with E-state index in [1.54, 1.807) is 6.07 Å². The minimum atomic E-state index is -0.381. The third-order valence-electron chi connectivity index (χ3n) is 2.79. The second-order valence-corrected chi connectivity index (χ2v) is 6.25. The molecule has 1 aromatic rings. The molecule has 0 atom stereocenters. The second kappa shape index (κ2) is 5.80. The van der Waals surface area contributed by atoms with E-state index in [1.807, 2.05) is 32.9 Å². The van der Waals surface area contributed by atoms with Crippen molar-refractivity contribution in [1.82, 2.24) is 5.32 Å². The van der Waals surface area contributed by atoms with Gasteiger partial charge in [0.15, 0.2) is 0 Å². The lowest BCUT2D eigenvalue weighted by Crippen LogP contribution is -2.41. The Kier molecular flexibility index (Phi) is 4.87. The van der Waals surface area contributed by atoms with Crippen LogP contribution < -0.4 is 11.1 Å². The monoisotopic (exact) mass is 328 g/mol. The lowest BCUT2D eigenvalue weighted by molar-refractivity contribution is 0.0944. The van der Waals surface area contributed by atoms with E-state index in [-0.39, 0.29) is 11.3 Å². The maximum absolute atomic E-state index is 12.0. The smallest absolute Gasteiger partial charge is 0.251 e. The predicted molar refractivity (Wildman–Crippen MR) is 81.8 cm³/mol. The van der Waals surface area contributed by atoms with Gasteiger partial charge in [-0.2, -0.15) is 0 Å². The van der Waals surface area contributed by atoms with Gasteiger partial charge in [0.1, 0.15) is 0 Å². The number of nitrogens with one attached hydrogen (secondary N) is 1. The molecule has 0 bridgehead atoms. The topological polar surface area (TPSA) is 55.1 Å². The highest BCUT2D eigenvalue weighted by Gasteiger charge is 2.22.